The van der Waals surface area contributed by atoms with Gasteiger partial charge in [0.05, 0.1) is 0 Å². The van der Waals surface area contributed by atoms with Crippen LogP contribution in [0.2, 0.25) is 0 Å². The van der Waals surface area contributed by atoms with E-state index in [1.165, 1.54) is 11.1 Å². The lowest BCUT2D eigenvalue weighted by atomic mass is 10.2. The number of carbonyl (C=O) groups excluding carboxylic acids is 1. The molecule has 0 amide bonds. The van der Waals surface area contributed by atoms with Crippen molar-refractivity contribution in [3.05, 3.63) is 59.7 Å². The number of benzene rings is 2. The van der Waals surface area contributed by atoms with Crippen LogP contribution in [0.3, 0.4) is 0 Å². The molecule has 0 spiro atoms. The highest BCUT2D eigenvalue weighted by atomic mass is 16.7. The summed E-state index contributed by atoms with van der Waals surface area (Å²) >= 11 is 0. The zero-order valence-electron chi connectivity index (χ0n) is 11.8. The minimum absolute atomic E-state index is 0.484. The molecule has 0 fully saturated rings. The lowest BCUT2D eigenvalue weighted by Gasteiger charge is -2.06. The van der Waals surface area contributed by atoms with Gasteiger partial charge in [0, 0.05) is 0 Å². The summed E-state index contributed by atoms with van der Waals surface area (Å²) in [5, 5.41) is 0. The Morgan fingerprint density at radius 3 is 1.40 bits per heavy atom. The molecule has 2 rings (SSSR count). The second kappa shape index (κ2) is 6.75. The van der Waals surface area contributed by atoms with E-state index in [1.807, 2.05) is 24.3 Å². The molecular weight excluding hydrogens is 252 g/mol. The molecule has 3 nitrogen and oxygen atoms in total. The Balaban J connectivity index is 1.93. The molecule has 0 heterocycles. The standard InChI is InChI=1S/C17H18O3/c1-3-13-5-9-15(10-6-13)19-17(18)20-16-11-7-14(4-2)8-12-16/h5-12H,3-4H2,1-2H3. The van der Waals surface area contributed by atoms with Crippen LogP contribution in [-0.4, -0.2) is 6.16 Å². The number of hydrogen-bond acceptors (Lipinski definition) is 3. The van der Waals surface area contributed by atoms with Crippen LogP contribution in [0.1, 0.15) is 25.0 Å². The molecule has 0 saturated carbocycles. The first-order valence-corrected chi connectivity index (χ1v) is 6.78. The summed E-state index contributed by atoms with van der Waals surface area (Å²) in [5.41, 5.74) is 2.39. The normalized spacial score (nSPS) is 10.1. The molecule has 2 aromatic carbocycles. The smallest absolute Gasteiger partial charge is 0.395 e. The quantitative estimate of drug-likeness (QED) is 0.610. The maximum atomic E-state index is 11.6. The van der Waals surface area contributed by atoms with Crippen LogP contribution < -0.4 is 9.47 Å². The highest BCUT2D eigenvalue weighted by molar-refractivity contribution is 5.67. The van der Waals surface area contributed by atoms with Gasteiger partial charge < -0.3 is 9.47 Å². The van der Waals surface area contributed by atoms with Crippen LogP contribution in [0.4, 0.5) is 4.79 Å². The van der Waals surface area contributed by atoms with E-state index in [4.69, 9.17) is 9.47 Å². The third-order valence-corrected chi connectivity index (χ3v) is 3.07. The van der Waals surface area contributed by atoms with Crippen LogP contribution in [0.25, 0.3) is 0 Å². The summed E-state index contributed by atoms with van der Waals surface area (Å²) in [5.74, 6) is 0.967. The zero-order chi connectivity index (χ0) is 14.4. The highest BCUT2D eigenvalue weighted by Gasteiger charge is 2.07. The maximum absolute atomic E-state index is 11.6. The SMILES string of the molecule is CCc1ccc(OC(=O)Oc2ccc(CC)cc2)cc1. The highest BCUT2D eigenvalue weighted by Crippen LogP contribution is 2.16. The van der Waals surface area contributed by atoms with E-state index in [2.05, 4.69) is 13.8 Å². The van der Waals surface area contributed by atoms with E-state index < -0.39 is 6.16 Å². The van der Waals surface area contributed by atoms with Gasteiger partial charge >= 0.3 is 6.16 Å². The monoisotopic (exact) mass is 270 g/mol. The average Bonchev–Trinajstić information content (AvgIpc) is 2.49. The Bertz CT molecular complexity index is 504. The van der Waals surface area contributed by atoms with E-state index in [0.29, 0.717) is 11.5 Å². The first-order valence-electron chi connectivity index (χ1n) is 6.78. The van der Waals surface area contributed by atoms with Crippen molar-refractivity contribution in [2.45, 2.75) is 26.7 Å². The average molecular weight is 270 g/mol. The van der Waals surface area contributed by atoms with E-state index in [0.717, 1.165) is 12.8 Å². The molecule has 0 aromatic heterocycles. The van der Waals surface area contributed by atoms with Gasteiger partial charge in [0.15, 0.2) is 0 Å². The van der Waals surface area contributed by atoms with Gasteiger partial charge in [-0.3, -0.25) is 0 Å². The van der Waals surface area contributed by atoms with Crippen molar-refractivity contribution in [2.75, 3.05) is 0 Å². The summed E-state index contributed by atoms with van der Waals surface area (Å²) in [7, 11) is 0. The number of carbonyl (C=O) groups is 1. The molecule has 0 aliphatic heterocycles. The van der Waals surface area contributed by atoms with Crippen LogP contribution in [0.15, 0.2) is 48.5 Å². The van der Waals surface area contributed by atoms with Gasteiger partial charge in [-0.05, 0) is 48.2 Å². The molecule has 0 aliphatic carbocycles. The minimum Gasteiger partial charge on any atom is -0.395 e. The van der Waals surface area contributed by atoms with Gasteiger partial charge in [-0.15, -0.1) is 0 Å². The Morgan fingerprint density at radius 1 is 0.750 bits per heavy atom. The molecule has 0 saturated heterocycles. The first kappa shape index (κ1) is 14.1. The van der Waals surface area contributed by atoms with Crippen molar-refractivity contribution in [2.24, 2.45) is 0 Å². The minimum atomic E-state index is -0.724. The summed E-state index contributed by atoms with van der Waals surface area (Å²) in [6.45, 7) is 4.15. The van der Waals surface area contributed by atoms with E-state index >= 15 is 0 Å². The molecule has 0 unspecified atom stereocenters. The summed E-state index contributed by atoms with van der Waals surface area (Å²) in [4.78, 5) is 11.6. The number of ether oxygens (including phenoxy) is 2. The Labute approximate surface area is 119 Å². The molecule has 0 N–H and O–H groups in total. The molecule has 0 atom stereocenters. The molecule has 0 aliphatic rings. The molecule has 3 heteroatoms. The fourth-order valence-electron chi connectivity index (χ4n) is 1.80. The van der Waals surface area contributed by atoms with Crippen molar-refractivity contribution in [1.29, 1.82) is 0 Å². The third-order valence-electron chi connectivity index (χ3n) is 3.07. The van der Waals surface area contributed by atoms with Gasteiger partial charge in [-0.1, -0.05) is 38.1 Å². The first-order chi connectivity index (χ1) is 9.71. The van der Waals surface area contributed by atoms with Crippen LogP contribution in [0.5, 0.6) is 11.5 Å². The molecule has 104 valence electrons. The van der Waals surface area contributed by atoms with Gasteiger partial charge in [-0.2, -0.15) is 0 Å². The van der Waals surface area contributed by atoms with Gasteiger partial charge in [0.1, 0.15) is 11.5 Å². The second-order valence-electron chi connectivity index (χ2n) is 4.45. The summed E-state index contributed by atoms with van der Waals surface area (Å²) < 4.78 is 10.2. The Kier molecular flexibility index (Phi) is 4.77. The molecular formula is C17H18O3. The van der Waals surface area contributed by atoms with E-state index in [-0.39, 0.29) is 0 Å². The third kappa shape index (κ3) is 3.85. The molecule has 0 radical (unpaired) electrons. The summed E-state index contributed by atoms with van der Waals surface area (Å²) in [6.07, 6.45) is 1.18. The maximum Gasteiger partial charge on any atom is 0.519 e. The number of hydrogen-bond donors (Lipinski definition) is 0. The predicted molar refractivity (Wildman–Crippen MR) is 78.3 cm³/mol. The largest absolute Gasteiger partial charge is 0.519 e. The van der Waals surface area contributed by atoms with Crippen LogP contribution in [0, 0.1) is 0 Å². The van der Waals surface area contributed by atoms with Crippen molar-refractivity contribution >= 4 is 6.16 Å². The number of aryl methyl sites for hydroxylation is 2. The summed E-state index contributed by atoms with van der Waals surface area (Å²) in [6, 6.07) is 14.8. The second-order valence-corrected chi connectivity index (χ2v) is 4.45. The van der Waals surface area contributed by atoms with Crippen molar-refractivity contribution in [3.8, 4) is 11.5 Å². The van der Waals surface area contributed by atoms with Crippen molar-refractivity contribution in [3.63, 3.8) is 0 Å². The van der Waals surface area contributed by atoms with Crippen LogP contribution >= 0.6 is 0 Å². The van der Waals surface area contributed by atoms with E-state index in [9.17, 15) is 4.79 Å². The Morgan fingerprint density at radius 2 is 1.10 bits per heavy atom. The lowest BCUT2D eigenvalue weighted by Crippen LogP contribution is -2.13. The Hall–Kier alpha value is -2.29. The van der Waals surface area contributed by atoms with Gasteiger partial charge in [0.2, 0.25) is 0 Å². The van der Waals surface area contributed by atoms with Gasteiger partial charge in [0.25, 0.3) is 0 Å². The van der Waals surface area contributed by atoms with Gasteiger partial charge in [-0.25, -0.2) is 4.79 Å². The zero-order valence-corrected chi connectivity index (χ0v) is 11.8. The van der Waals surface area contributed by atoms with Crippen molar-refractivity contribution in [1.82, 2.24) is 0 Å². The number of rotatable bonds is 4. The predicted octanol–water partition coefficient (Wildman–Crippen LogP) is 4.39. The van der Waals surface area contributed by atoms with Crippen LogP contribution in [-0.2, 0) is 12.8 Å². The lowest BCUT2D eigenvalue weighted by molar-refractivity contribution is 0.152. The molecule has 20 heavy (non-hydrogen) atoms. The fraction of sp³-hybridized carbons (Fsp3) is 0.235. The van der Waals surface area contributed by atoms with Crippen molar-refractivity contribution < 1.29 is 14.3 Å². The van der Waals surface area contributed by atoms with E-state index in [1.54, 1.807) is 24.3 Å². The molecule has 0 bridgehead atoms. The fourth-order valence-corrected chi connectivity index (χ4v) is 1.80. The molecule has 2 aromatic rings. The topological polar surface area (TPSA) is 35.5 Å².